The molecule has 1 aliphatic heterocycles. The van der Waals surface area contributed by atoms with Gasteiger partial charge in [-0.25, -0.2) is 0 Å². The van der Waals surface area contributed by atoms with Crippen molar-refractivity contribution in [1.82, 2.24) is 10.2 Å². The highest BCUT2D eigenvalue weighted by Crippen LogP contribution is 2.20. The molecule has 4 nitrogen and oxygen atoms in total. The molecule has 1 saturated heterocycles. The number of β-amino-alcohol motifs (C(OH)–C–C–N with tert-alkyl or cyclic N) is 1. The molecule has 0 atom stereocenters. The fourth-order valence-electron chi connectivity index (χ4n) is 2.93. The molecule has 0 spiro atoms. The first-order chi connectivity index (χ1) is 8.05. The molecule has 98 valence electrons. The van der Waals surface area contributed by atoms with Crippen molar-refractivity contribution >= 4 is 5.91 Å². The van der Waals surface area contributed by atoms with E-state index in [1.54, 1.807) is 0 Å². The van der Waals surface area contributed by atoms with Gasteiger partial charge in [0, 0.05) is 19.1 Å². The molecule has 1 aliphatic carbocycles. The second-order valence-electron chi connectivity index (χ2n) is 5.90. The Morgan fingerprint density at radius 1 is 1.29 bits per heavy atom. The predicted octanol–water partition coefficient (Wildman–Crippen LogP) is 0.892. The van der Waals surface area contributed by atoms with Crippen molar-refractivity contribution in [2.45, 2.75) is 57.1 Å². The first-order valence-electron chi connectivity index (χ1n) is 6.79. The van der Waals surface area contributed by atoms with Crippen LogP contribution in [0.1, 0.15) is 45.4 Å². The molecule has 1 heterocycles. The van der Waals surface area contributed by atoms with Crippen molar-refractivity contribution in [1.29, 1.82) is 0 Å². The summed E-state index contributed by atoms with van der Waals surface area (Å²) in [6, 6.07) is 0.381. The highest BCUT2D eigenvalue weighted by atomic mass is 16.3. The summed E-state index contributed by atoms with van der Waals surface area (Å²) in [6.07, 6.45) is 7.35. The van der Waals surface area contributed by atoms with E-state index in [4.69, 9.17) is 0 Å². The topological polar surface area (TPSA) is 52.6 Å². The zero-order valence-corrected chi connectivity index (χ0v) is 10.7. The van der Waals surface area contributed by atoms with Crippen LogP contribution in [0.15, 0.2) is 0 Å². The molecular weight excluding hydrogens is 216 g/mol. The van der Waals surface area contributed by atoms with Crippen molar-refractivity contribution in [2.75, 3.05) is 19.6 Å². The molecule has 0 bridgehead atoms. The lowest BCUT2D eigenvalue weighted by Gasteiger charge is -2.43. The molecule has 2 aliphatic rings. The summed E-state index contributed by atoms with van der Waals surface area (Å²) in [5.74, 6) is 0.118. The number of aliphatic hydroxyl groups is 1. The van der Waals surface area contributed by atoms with Crippen LogP contribution in [0.3, 0.4) is 0 Å². The molecule has 1 saturated carbocycles. The largest absolute Gasteiger partial charge is 0.388 e. The van der Waals surface area contributed by atoms with Gasteiger partial charge < -0.3 is 10.4 Å². The SMILES string of the molecule is CC1(O)CN(CC(=O)NC2CCCCCC2)C1. The molecule has 2 rings (SSSR count). The Labute approximate surface area is 103 Å². The number of carbonyl (C=O) groups is 1. The lowest BCUT2D eigenvalue weighted by Crippen LogP contribution is -2.61. The Morgan fingerprint density at radius 3 is 2.41 bits per heavy atom. The fraction of sp³-hybridized carbons (Fsp3) is 0.923. The van der Waals surface area contributed by atoms with Gasteiger partial charge in [0.05, 0.1) is 12.1 Å². The van der Waals surface area contributed by atoms with E-state index in [0.29, 0.717) is 25.7 Å². The number of rotatable bonds is 3. The molecule has 0 aromatic heterocycles. The Hall–Kier alpha value is -0.610. The minimum absolute atomic E-state index is 0.118. The van der Waals surface area contributed by atoms with Crippen molar-refractivity contribution in [3.63, 3.8) is 0 Å². The van der Waals surface area contributed by atoms with Gasteiger partial charge in [-0.1, -0.05) is 25.7 Å². The normalized spacial score (nSPS) is 26.0. The van der Waals surface area contributed by atoms with Crippen molar-refractivity contribution in [3.05, 3.63) is 0 Å². The standard InChI is InChI=1S/C13H24N2O2/c1-13(17)9-15(10-13)8-12(16)14-11-6-4-2-3-5-7-11/h11,17H,2-10H2,1H3,(H,14,16). The molecule has 0 aromatic carbocycles. The summed E-state index contributed by atoms with van der Waals surface area (Å²) in [5.41, 5.74) is -0.581. The summed E-state index contributed by atoms with van der Waals surface area (Å²) in [6.45, 7) is 3.48. The number of nitrogens with one attached hydrogen (secondary N) is 1. The lowest BCUT2D eigenvalue weighted by molar-refractivity contribution is -0.130. The maximum absolute atomic E-state index is 11.8. The molecular formula is C13H24N2O2. The first-order valence-corrected chi connectivity index (χ1v) is 6.79. The van der Waals surface area contributed by atoms with Gasteiger partial charge in [0.2, 0.25) is 5.91 Å². The van der Waals surface area contributed by atoms with E-state index in [0.717, 1.165) is 12.8 Å². The Morgan fingerprint density at radius 2 is 1.88 bits per heavy atom. The van der Waals surface area contributed by atoms with Crippen LogP contribution < -0.4 is 5.32 Å². The van der Waals surface area contributed by atoms with Crippen LogP contribution in [0.4, 0.5) is 0 Å². The first kappa shape index (κ1) is 12.8. The molecule has 4 heteroatoms. The zero-order chi connectivity index (χ0) is 12.3. The lowest BCUT2D eigenvalue weighted by atomic mass is 9.97. The maximum atomic E-state index is 11.8. The smallest absolute Gasteiger partial charge is 0.234 e. The Bertz CT molecular complexity index is 263. The highest BCUT2D eigenvalue weighted by Gasteiger charge is 2.37. The van der Waals surface area contributed by atoms with Crippen molar-refractivity contribution < 1.29 is 9.90 Å². The van der Waals surface area contributed by atoms with Gasteiger partial charge >= 0.3 is 0 Å². The minimum atomic E-state index is -0.581. The maximum Gasteiger partial charge on any atom is 0.234 e. The van der Waals surface area contributed by atoms with E-state index < -0.39 is 5.60 Å². The summed E-state index contributed by atoms with van der Waals surface area (Å²) in [5, 5.41) is 12.7. The monoisotopic (exact) mass is 240 g/mol. The van der Waals surface area contributed by atoms with Gasteiger partial charge in [-0.05, 0) is 19.8 Å². The Balaban J connectivity index is 1.66. The van der Waals surface area contributed by atoms with Gasteiger partial charge in [-0.3, -0.25) is 9.69 Å². The van der Waals surface area contributed by atoms with E-state index >= 15 is 0 Å². The van der Waals surface area contributed by atoms with Crippen LogP contribution in [-0.2, 0) is 4.79 Å². The van der Waals surface area contributed by atoms with Crippen LogP contribution in [0.2, 0.25) is 0 Å². The average Bonchev–Trinajstić information content (AvgIpc) is 2.43. The molecule has 2 fully saturated rings. The van der Waals surface area contributed by atoms with E-state index in [-0.39, 0.29) is 5.91 Å². The van der Waals surface area contributed by atoms with E-state index in [2.05, 4.69) is 5.32 Å². The predicted molar refractivity (Wildman–Crippen MR) is 66.7 cm³/mol. The van der Waals surface area contributed by atoms with Gasteiger partial charge in [0.25, 0.3) is 0 Å². The summed E-state index contributed by atoms with van der Waals surface area (Å²) in [7, 11) is 0. The van der Waals surface area contributed by atoms with Crippen LogP contribution in [0.5, 0.6) is 0 Å². The number of hydrogen-bond acceptors (Lipinski definition) is 3. The number of nitrogens with zero attached hydrogens (tertiary/aromatic N) is 1. The molecule has 0 unspecified atom stereocenters. The quantitative estimate of drug-likeness (QED) is 0.720. The third kappa shape index (κ3) is 3.96. The number of likely N-dealkylation sites (tertiary alicyclic amines) is 1. The van der Waals surface area contributed by atoms with Gasteiger partial charge in [-0.2, -0.15) is 0 Å². The summed E-state index contributed by atoms with van der Waals surface area (Å²) >= 11 is 0. The van der Waals surface area contributed by atoms with Crippen LogP contribution in [-0.4, -0.2) is 47.2 Å². The van der Waals surface area contributed by atoms with Crippen LogP contribution in [0, 0.1) is 0 Å². The second-order valence-corrected chi connectivity index (χ2v) is 5.90. The van der Waals surface area contributed by atoms with Gasteiger partial charge in [-0.15, -0.1) is 0 Å². The Kier molecular flexibility index (Phi) is 4.05. The van der Waals surface area contributed by atoms with E-state index in [9.17, 15) is 9.90 Å². The summed E-state index contributed by atoms with van der Waals surface area (Å²) < 4.78 is 0. The second kappa shape index (κ2) is 5.36. The minimum Gasteiger partial charge on any atom is -0.388 e. The zero-order valence-electron chi connectivity index (χ0n) is 10.7. The van der Waals surface area contributed by atoms with Crippen LogP contribution in [0.25, 0.3) is 0 Å². The highest BCUT2D eigenvalue weighted by molar-refractivity contribution is 5.78. The number of carbonyl (C=O) groups excluding carboxylic acids is 1. The molecule has 0 aromatic rings. The van der Waals surface area contributed by atoms with E-state index in [1.165, 1.54) is 25.7 Å². The van der Waals surface area contributed by atoms with Gasteiger partial charge in [0.15, 0.2) is 0 Å². The van der Waals surface area contributed by atoms with Crippen LogP contribution >= 0.6 is 0 Å². The van der Waals surface area contributed by atoms with Gasteiger partial charge in [0.1, 0.15) is 0 Å². The van der Waals surface area contributed by atoms with Crippen molar-refractivity contribution in [2.24, 2.45) is 0 Å². The number of hydrogen-bond donors (Lipinski definition) is 2. The molecule has 17 heavy (non-hydrogen) atoms. The number of amides is 1. The average molecular weight is 240 g/mol. The molecule has 0 radical (unpaired) electrons. The fourth-order valence-corrected chi connectivity index (χ4v) is 2.93. The molecule has 1 amide bonds. The summed E-state index contributed by atoms with van der Waals surface area (Å²) in [4.78, 5) is 13.8. The third-order valence-corrected chi connectivity index (χ3v) is 3.72. The van der Waals surface area contributed by atoms with Crippen molar-refractivity contribution in [3.8, 4) is 0 Å². The molecule has 2 N–H and O–H groups in total. The third-order valence-electron chi connectivity index (χ3n) is 3.72. The van der Waals surface area contributed by atoms with E-state index in [1.807, 2.05) is 11.8 Å².